The molecule has 0 aromatic rings. The summed E-state index contributed by atoms with van der Waals surface area (Å²) in [4.78, 5) is 0. The SMILES string of the molecule is CCCCCCC(C)NCCCC(C)CN. The molecule has 3 N–H and O–H groups in total. The molecular formula is C14H32N2. The van der Waals surface area contributed by atoms with Crippen molar-refractivity contribution in [2.75, 3.05) is 13.1 Å². The molecule has 0 heterocycles. The number of nitrogens with two attached hydrogens (primary N) is 1. The molecule has 0 amide bonds. The van der Waals surface area contributed by atoms with E-state index < -0.39 is 0 Å². The van der Waals surface area contributed by atoms with E-state index in [1.807, 2.05) is 0 Å². The van der Waals surface area contributed by atoms with Crippen LogP contribution in [0.15, 0.2) is 0 Å². The quantitative estimate of drug-likeness (QED) is 0.532. The summed E-state index contributed by atoms with van der Waals surface area (Å²) >= 11 is 0. The van der Waals surface area contributed by atoms with Crippen molar-refractivity contribution in [3.8, 4) is 0 Å². The van der Waals surface area contributed by atoms with Gasteiger partial charge in [0, 0.05) is 6.04 Å². The molecular weight excluding hydrogens is 196 g/mol. The third-order valence-electron chi connectivity index (χ3n) is 3.26. The van der Waals surface area contributed by atoms with Crippen LogP contribution >= 0.6 is 0 Å². The average Bonchev–Trinajstić information content (AvgIpc) is 2.30. The molecule has 0 radical (unpaired) electrons. The van der Waals surface area contributed by atoms with Crippen LogP contribution in [0.2, 0.25) is 0 Å². The summed E-state index contributed by atoms with van der Waals surface area (Å²) in [5, 5.41) is 3.60. The highest BCUT2D eigenvalue weighted by molar-refractivity contribution is 4.62. The minimum absolute atomic E-state index is 0.682. The van der Waals surface area contributed by atoms with Crippen LogP contribution in [0, 0.1) is 5.92 Å². The summed E-state index contributed by atoms with van der Waals surface area (Å²) < 4.78 is 0. The highest BCUT2D eigenvalue weighted by atomic mass is 14.9. The molecule has 16 heavy (non-hydrogen) atoms. The molecule has 0 rings (SSSR count). The highest BCUT2D eigenvalue weighted by Gasteiger charge is 2.02. The average molecular weight is 228 g/mol. The molecule has 2 unspecified atom stereocenters. The molecule has 0 saturated heterocycles. The Hall–Kier alpha value is -0.0800. The van der Waals surface area contributed by atoms with Crippen molar-refractivity contribution >= 4 is 0 Å². The molecule has 0 spiro atoms. The fourth-order valence-corrected chi connectivity index (χ4v) is 1.90. The van der Waals surface area contributed by atoms with E-state index >= 15 is 0 Å². The van der Waals surface area contributed by atoms with Gasteiger partial charge in [-0.25, -0.2) is 0 Å². The van der Waals surface area contributed by atoms with Crippen molar-refractivity contribution in [1.82, 2.24) is 5.32 Å². The van der Waals surface area contributed by atoms with Gasteiger partial charge in [-0.15, -0.1) is 0 Å². The predicted molar refractivity (Wildman–Crippen MR) is 73.7 cm³/mol. The summed E-state index contributed by atoms with van der Waals surface area (Å²) in [6.45, 7) is 8.78. The van der Waals surface area contributed by atoms with E-state index in [2.05, 4.69) is 26.1 Å². The summed E-state index contributed by atoms with van der Waals surface area (Å²) in [6, 6.07) is 0.685. The van der Waals surface area contributed by atoms with Crippen LogP contribution < -0.4 is 11.1 Å². The van der Waals surface area contributed by atoms with Gasteiger partial charge in [-0.2, -0.15) is 0 Å². The molecule has 0 aromatic carbocycles. The van der Waals surface area contributed by atoms with Gasteiger partial charge >= 0.3 is 0 Å². The van der Waals surface area contributed by atoms with E-state index in [0.717, 1.165) is 13.1 Å². The second kappa shape index (κ2) is 11.4. The van der Waals surface area contributed by atoms with Gasteiger partial charge < -0.3 is 11.1 Å². The molecule has 2 nitrogen and oxygen atoms in total. The highest BCUT2D eigenvalue weighted by Crippen LogP contribution is 2.06. The summed E-state index contributed by atoms with van der Waals surface area (Å²) in [5.41, 5.74) is 5.59. The molecule has 0 aromatic heterocycles. The Labute approximate surface area is 102 Å². The fraction of sp³-hybridized carbons (Fsp3) is 1.00. The van der Waals surface area contributed by atoms with Crippen molar-refractivity contribution in [2.24, 2.45) is 11.7 Å². The van der Waals surface area contributed by atoms with E-state index in [0.29, 0.717) is 12.0 Å². The van der Waals surface area contributed by atoms with Crippen molar-refractivity contribution in [2.45, 2.75) is 71.8 Å². The van der Waals surface area contributed by atoms with Gasteiger partial charge in [-0.05, 0) is 45.2 Å². The lowest BCUT2D eigenvalue weighted by atomic mass is 10.1. The number of unbranched alkanes of at least 4 members (excludes halogenated alkanes) is 3. The van der Waals surface area contributed by atoms with Crippen LogP contribution in [-0.2, 0) is 0 Å². The Kier molecular flexibility index (Phi) is 11.3. The maximum Gasteiger partial charge on any atom is 0.00387 e. The van der Waals surface area contributed by atoms with Gasteiger partial charge in [0.25, 0.3) is 0 Å². The summed E-state index contributed by atoms with van der Waals surface area (Å²) in [6.07, 6.45) is 9.34. The minimum Gasteiger partial charge on any atom is -0.330 e. The lowest BCUT2D eigenvalue weighted by Gasteiger charge is -2.14. The maximum absolute atomic E-state index is 5.59. The Morgan fingerprint density at radius 2 is 1.75 bits per heavy atom. The molecule has 0 bridgehead atoms. The Bertz CT molecular complexity index is 137. The minimum atomic E-state index is 0.682. The zero-order chi connectivity index (χ0) is 12.2. The van der Waals surface area contributed by atoms with Gasteiger partial charge in [0.2, 0.25) is 0 Å². The number of rotatable bonds is 11. The topological polar surface area (TPSA) is 38.0 Å². The zero-order valence-corrected chi connectivity index (χ0v) is 11.6. The molecule has 2 atom stereocenters. The summed E-state index contributed by atoms with van der Waals surface area (Å²) in [7, 11) is 0. The lowest BCUT2D eigenvalue weighted by Crippen LogP contribution is -2.27. The van der Waals surface area contributed by atoms with E-state index in [-0.39, 0.29) is 0 Å². The Balaban J connectivity index is 3.20. The number of nitrogens with one attached hydrogen (secondary N) is 1. The molecule has 98 valence electrons. The van der Waals surface area contributed by atoms with Crippen LogP contribution in [0.4, 0.5) is 0 Å². The fourth-order valence-electron chi connectivity index (χ4n) is 1.90. The molecule has 0 aliphatic carbocycles. The number of hydrogen-bond donors (Lipinski definition) is 2. The zero-order valence-electron chi connectivity index (χ0n) is 11.6. The van der Waals surface area contributed by atoms with Gasteiger partial charge in [-0.1, -0.05) is 39.5 Å². The van der Waals surface area contributed by atoms with Crippen molar-refractivity contribution < 1.29 is 0 Å². The largest absolute Gasteiger partial charge is 0.330 e. The van der Waals surface area contributed by atoms with Gasteiger partial charge in [0.15, 0.2) is 0 Å². The predicted octanol–water partition coefficient (Wildman–Crippen LogP) is 3.31. The smallest absolute Gasteiger partial charge is 0.00387 e. The normalized spacial score (nSPS) is 15.0. The maximum atomic E-state index is 5.59. The molecule has 0 fully saturated rings. The molecule has 2 heteroatoms. The van der Waals surface area contributed by atoms with Crippen LogP contribution in [0.3, 0.4) is 0 Å². The van der Waals surface area contributed by atoms with Crippen molar-refractivity contribution in [1.29, 1.82) is 0 Å². The Morgan fingerprint density at radius 1 is 1.00 bits per heavy atom. The van der Waals surface area contributed by atoms with Gasteiger partial charge in [-0.3, -0.25) is 0 Å². The summed E-state index contributed by atoms with van der Waals surface area (Å²) in [5.74, 6) is 0.682. The molecule has 0 saturated carbocycles. The molecule has 0 aliphatic rings. The Morgan fingerprint density at radius 3 is 2.38 bits per heavy atom. The van der Waals surface area contributed by atoms with Gasteiger partial charge in [0.05, 0.1) is 0 Å². The second-order valence-corrected chi connectivity index (χ2v) is 5.19. The van der Waals surface area contributed by atoms with Crippen LogP contribution in [0.5, 0.6) is 0 Å². The second-order valence-electron chi connectivity index (χ2n) is 5.19. The first-order valence-corrected chi connectivity index (χ1v) is 7.14. The first-order chi connectivity index (χ1) is 7.70. The van der Waals surface area contributed by atoms with Crippen LogP contribution in [0.25, 0.3) is 0 Å². The first-order valence-electron chi connectivity index (χ1n) is 7.14. The van der Waals surface area contributed by atoms with Crippen LogP contribution in [0.1, 0.15) is 65.7 Å². The third-order valence-corrected chi connectivity index (χ3v) is 3.26. The lowest BCUT2D eigenvalue weighted by molar-refractivity contribution is 0.449. The van der Waals surface area contributed by atoms with Crippen molar-refractivity contribution in [3.05, 3.63) is 0 Å². The van der Waals surface area contributed by atoms with Crippen LogP contribution in [-0.4, -0.2) is 19.1 Å². The van der Waals surface area contributed by atoms with E-state index in [9.17, 15) is 0 Å². The standard InChI is InChI=1S/C14H32N2/c1-4-5-6-7-10-14(3)16-11-8-9-13(2)12-15/h13-14,16H,4-12,15H2,1-3H3. The molecule has 0 aliphatic heterocycles. The monoisotopic (exact) mass is 228 g/mol. The van der Waals surface area contributed by atoms with E-state index in [4.69, 9.17) is 5.73 Å². The number of hydrogen-bond acceptors (Lipinski definition) is 2. The van der Waals surface area contributed by atoms with E-state index in [1.54, 1.807) is 0 Å². The van der Waals surface area contributed by atoms with Crippen molar-refractivity contribution in [3.63, 3.8) is 0 Å². The third kappa shape index (κ3) is 10.4. The first kappa shape index (κ1) is 15.9. The van der Waals surface area contributed by atoms with Gasteiger partial charge in [0.1, 0.15) is 0 Å². The van der Waals surface area contributed by atoms with E-state index in [1.165, 1.54) is 44.9 Å².